The third-order valence-corrected chi connectivity index (χ3v) is 3.60. The Bertz CT molecular complexity index is 782. The molecule has 0 bridgehead atoms. The van der Waals surface area contributed by atoms with E-state index in [1.54, 1.807) is 0 Å². The van der Waals surface area contributed by atoms with Gasteiger partial charge in [-0.05, 0) is 17.5 Å². The fraction of sp³-hybridized carbons (Fsp3) is 0.176. The number of aliphatic hydroxyl groups is 1. The van der Waals surface area contributed by atoms with Gasteiger partial charge in [0, 0.05) is 25.0 Å². The number of nitrogens with zero attached hydrogens (tertiary/aromatic N) is 2. The molecule has 1 aliphatic rings. The summed E-state index contributed by atoms with van der Waals surface area (Å²) in [4.78, 5) is 32.1. The van der Waals surface area contributed by atoms with Crippen LogP contribution < -0.4 is 5.32 Å². The first-order chi connectivity index (χ1) is 11.2. The van der Waals surface area contributed by atoms with Gasteiger partial charge in [0.2, 0.25) is 11.6 Å². The summed E-state index contributed by atoms with van der Waals surface area (Å²) in [6.07, 6.45) is 4.76. The van der Waals surface area contributed by atoms with Crippen LogP contribution in [-0.4, -0.2) is 33.2 Å². The third-order valence-electron chi connectivity index (χ3n) is 3.60. The van der Waals surface area contributed by atoms with Gasteiger partial charge in [-0.1, -0.05) is 24.3 Å². The number of fused-ring (bicyclic) bond motifs is 1. The summed E-state index contributed by atoms with van der Waals surface area (Å²) < 4.78 is 0. The predicted octanol–water partition coefficient (Wildman–Crippen LogP) is 1.06. The van der Waals surface area contributed by atoms with Gasteiger partial charge in [0.15, 0.2) is 0 Å². The van der Waals surface area contributed by atoms with Gasteiger partial charge in [-0.2, -0.15) is 0 Å². The minimum Gasteiger partial charge on any atom is -0.392 e. The molecule has 1 heterocycles. The fourth-order valence-corrected chi connectivity index (χ4v) is 2.36. The number of carbonyl (C=O) groups is 2. The maximum atomic E-state index is 12.3. The maximum Gasteiger partial charge on any atom is 0.229 e. The number of benzene rings is 1. The van der Waals surface area contributed by atoms with Crippen molar-refractivity contribution in [1.29, 1.82) is 0 Å². The second kappa shape index (κ2) is 6.50. The fourth-order valence-electron chi connectivity index (χ4n) is 2.36. The Labute approximate surface area is 132 Å². The van der Waals surface area contributed by atoms with Crippen LogP contribution in [0.2, 0.25) is 0 Å². The SMILES string of the molecule is O=C1C=C(NCCc2ccc(CO)cc2)C(=O)c2nccnc21. The number of hydrogen-bond acceptors (Lipinski definition) is 6. The van der Waals surface area contributed by atoms with Crippen molar-refractivity contribution in [2.45, 2.75) is 13.0 Å². The molecule has 0 aliphatic heterocycles. The molecule has 6 nitrogen and oxygen atoms in total. The number of allylic oxidation sites excluding steroid dienone is 2. The Morgan fingerprint density at radius 1 is 0.957 bits per heavy atom. The summed E-state index contributed by atoms with van der Waals surface area (Å²) in [5.74, 6) is -0.633. The Kier molecular flexibility index (Phi) is 4.25. The number of nitrogens with one attached hydrogen (secondary N) is 1. The van der Waals surface area contributed by atoms with Crippen molar-refractivity contribution in [3.05, 3.63) is 70.9 Å². The molecule has 3 rings (SSSR count). The van der Waals surface area contributed by atoms with Crippen molar-refractivity contribution in [3.8, 4) is 0 Å². The zero-order valence-corrected chi connectivity index (χ0v) is 12.3. The van der Waals surface area contributed by atoms with Crippen LogP contribution in [0, 0.1) is 0 Å². The summed E-state index contributed by atoms with van der Waals surface area (Å²) in [6, 6.07) is 7.57. The molecule has 0 radical (unpaired) electrons. The number of Topliss-reactive ketones (excluding diaryl/α,β-unsaturated/α-hetero) is 1. The normalized spacial score (nSPS) is 13.5. The standard InChI is InChI=1S/C17H15N3O3/c21-10-12-3-1-11(2-4-12)5-6-18-13-9-14(22)15-16(17(13)23)20-8-7-19-15/h1-4,7-9,18,21H,5-6,10H2. The summed E-state index contributed by atoms with van der Waals surface area (Å²) in [7, 11) is 0. The molecule has 0 fully saturated rings. The van der Waals surface area contributed by atoms with Crippen molar-refractivity contribution in [1.82, 2.24) is 15.3 Å². The van der Waals surface area contributed by atoms with Gasteiger partial charge in [0.1, 0.15) is 11.4 Å². The van der Waals surface area contributed by atoms with Gasteiger partial charge in [0.05, 0.1) is 12.3 Å². The molecule has 2 N–H and O–H groups in total. The molecule has 2 aromatic rings. The number of aliphatic hydroxyl groups excluding tert-OH is 1. The smallest absolute Gasteiger partial charge is 0.229 e. The average molecular weight is 309 g/mol. The summed E-state index contributed by atoms with van der Waals surface area (Å²) >= 11 is 0. The zero-order chi connectivity index (χ0) is 16.2. The van der Waals surface area contributed by atoms with E-state index < -0.39 is 0 Å². The Hall–Kier alpha value is -2.86. The highest BCUT2D eigenvalue weighted by atomic mass is 16.3. The van der Waals surface area contributed by atoms with Crippen LogP contribution >= 0.6 is 0 Å². The van der Waals surface area contributed by atoms with Crippen molar-refractivity contribution < 1.29 is 14.7 Å². The molecular weight excluding hydrogens is 294 g/mol. The van der Waals surface area contributed by atoms with E-state index in [0.29, 0.717) is 13.0 Å². The van der Waals surface area contributed by atoms with E-state index in [9.17, 15) is 9.59 Å². The zero-order valence-electron chi connectivity index (χ0n) is 12.3. The maximum absolute atomic E-state index is 12.3. The highest BCUT2D eigenvalue weighted by Crippen LogP contribution is 2.15. The summed E-state index contributed by atoms with van der Waals surface area (Å²) in [5.41, 5.74) is 2.37. The molecule has 1 aromatic carbocycles. The Morgan fingerprint density at radius 3 is 2.30 bits per heavy atom. The van der Waals surface area contributed by atoms with Gasteiger partial charge in [-0.25, -0.2) is 9.97 Å². The van der Waals surface area contributed by atoms with Gasteiger partial charge in [0.25, 0.3) is 0 Å². The van der Waals surface area contributed by atoms with E-state index in [1.165, 1.54) is 18.5 Å². The molecule has 1 aliphatic carbocycles. The minimum atomic E-state index is -0.317. The van der Waals surface area contributed by atoms with Crippen LogP contribution in [0.25, 0.3) is 0 Å². The summed E-state index contributed by atoms with van der Waals surface area (Å²) in [5, 5.41) is 12.0. The number of ketones is 2. The lowest BCUT2D eigenvalue weighted by Crippen LogP contribution is -2.29. The van der Waals surface area contributed by atoms with Gasteiger partial charge < -0.3 is 10.4 Å². The lowest BCUT2D eigenvalue weighted by Gasteiger charge is -2.14. The number of hydrogen-bond donors (Lipinski definition) is 2. The Balaban J connectivity index is 1.64. The summed E-state index contributed by atoms with van der Waals surface area (Å²) in [6.45, 7) is 0.529. The quantitative estimate of drug-likeness (QED) is 0.858. The molecule has 116 valence electrons. The van der Waals surface area contributed by atoms with E-state index in [0.717, 1.165) is 11.1 Å². The van der Waals surface area contributed by atoms with Gasteiger partial charge in [-0.15, -0.1) is 0 Å². The molecule has 0 saturated carbocycles. The first-order valence-electron chi connectivity index (χ1n) is 7.23. The van der Waals surface area contributed by atoms with Crippen LogP contribution in [0.15, 0.2) is 48.4 Å². The van der Waals surface area contributed by atoms with E-state index >= 15 is 0 Å². The second-order valence-corrected chi connectivity index (χ2v) is 5.16. The third kappa shape index (κ3) is 3.17. The van der Waals surface area contributed by atoms with Gasteiger partial charge >= 0.3 is 0 Å². The minimum absolute atomic E-state index is 0.0163. The van der Waals surface area contributed by atoms with Crippen LogP contribution in [-0.2, 0) is 13.0 Å². The van der Waals surface area contributed by atoms with Crippen LogP contribution in [0.5, 0.6) is 0 Å². The second-order valence-electron chi connectivity index (χ2n) is 5.16. The van der Waals surface area contributed by atoms with Crippen molar-refractivity contribution in [2.75, 3.05) is 6.54 Å². The first-order valence-corrected chi connectivity index (χ1v) is 7.23. The van der Waals surface area contributed by atoms with E-state index in [4.69, 9.17) is 5.11 Å². The first kappa shape index (κ1) is 15.1. The molecule has 0 atom stereocenters. The molecule has 1 aromatic heterocycles. The van der Waals surface area contributed by atoms with Crippen molar-refractivity contribution in [3.63, 3.8) is 0 Å². The van der Waals surface area contributed by atoms with Crippen LogP contribution in [0.4, 0.5) is 0 Å². The van der Waals surface area contributed by atoms with E-state index in [1.807, 2.05) is 24.3 Å². The van der Waals surface area contributed by atoms with Crippen molar-refractivity contribution in [2.24, 2.45) is 0 Å². The molecule has 0 amide bonds. The molecule has 0 spiro atoms. The Morgan fingerprint density at radius 2 is 1.61 bits per heavy atom. The highest BCUT2D eigenvalue weighted by Gasteiger charge is 2.27. The number of rotatable bonds is 5. The van der Waals surface area contributed by atoms with E-state index in [2.05, 4.69) is 15.3 Å². The molecule has 23 heavy (non-hydrogen) atoms. The van der Waals surface area contributed by atoms with Crippen molar-refractivity contribution >= 4 is 11.6 Å². The van der Waals surface area contributed by atoms with Crippen LogP contribution in [0.1, 0.15) is 32.1 Å². The molecule has 0 unspecified atom stereocenters. The lowest BCUT2D eigenvalue weighted by atomic mass is 10.0. The van der Waals surface area contributed by atoms with E-state index in [-0.39, 0.29) is 35.3 Å². The largest absolute Gasteiger partial charge is 0.392 e. The highest BCUT2D eigenvalue weighted by molar-refractivity contribution is 6.22. The lowest BCUT2D eigenvalue weighted by molar-refractivity contribution is 0.0970. The topological polar surface area (TPSA) is 92.2 Å². The molecular formula is C17H15N3O3. The monoisotopic (exact) mass is 309 g/mol. The van der Waals surface area contributed by atoms with Gasteiger partial charge in [-0.3, -0.25) is 9.59 Å². The predicted molar refractivity (Wildman–Crippen MR) is 82.8 cm³/mol. The number of carbonyl (C=O) groups excluding carboxylic acids is 2. The molecule has 0 saturated heterocycles. The van der Waals surface area contributed by atoms with Crippen LogP contribution in [0.3, 0.4) is 0 Å². The number of aromatic nitrogens is 2. The molecule has 6 heteroatoms. The average Bonchev–Trinajstić information content (AvgIpc) is 2.60.